The lowest BCUT2D eigenvalue weighted by Crippen LogP contribution is -2.36. The summed E-state index contributed by atoms with van der Waals surface area (Å²) in [5.74, 6) is 0.423. The molecule has 5 nitrogen and oxygen atoms in total. The quantitative estimate of drug-likeness (QED) is 0.753. The summed E-state index contributed by atoms with van der Waals surface area (Å²) in [6, 6.07) is 16.0. The zero-order valence-electron chi connectivity index (χ0n) is 17.1. The van der Waals surface area contributed by atoms with Crippen molar-refractivity contribution in [2.75, 3.05) is 19.3 Å². The summed E-state index contributed by atoms with van der Waals surface area (Å²) in [7, 11) is -3.22. The van der Waals surface area contributed by atoms with Gasteiger partial charge in [-0.2, -0.15) is 0 Å². The third-order valence-corrected chi connectivity index (χ3v) is 7.02. The number of halogens is 1. The van der Waals surface area contributed by atoms with E-state index in [1.807, 2.05) is 41.3 Å². The predicted molar refractivity (Wildman–Crippen MR) is 120 cm³/mol. The van der Waals surface area contributed by atoms with Gasteiger partial charge in [-0.15, -0.1) is 0 Å². The Morgan fingerprint density at radius 3 is 2.67 bits per heavy atom. The molecular formula is C23H27ClN2O3S. The van der Waals surface area contributed by atoms with Gasteiger partial charge in [0.15, 0.2) is 0 Å². The van der Waals surface area contributed by atoms with Crippen LogP contribution in [0, 0.1) is 5.92 Å². The molecular weight excluding hydrogens is 420 g/mol. The van der Waals surface area contributed by atoms with Crippen LogP contribution in [-0.4, -0.2) is 44.6 Å². The molecule has 0 spiro atoms. The van der Waals surface area contributed by atoms with E-state index in [9.17, 15) is 13.2 Å². The van der Waals surface area contributed by atoms with E-state index in [-0.39, 0.29) is 23.8 Å². The number of carbonyl (C=O) groups is 1. The van der Waals surface area contributed by atoms with Crippen molar-refractivity contribution in [3.05, 3.63) is 59.1 Å². The van der Waals surface area contributed by atoms with Gasteiger partial charge < -0.3 is 4.90 Å². The SMILES string of the molecule is CS(=O)(=O)N[C@@H]1CCCN(C(=O)[C@@H]2C[C@H]2c2ccccc2-c2cccc(Cl)c2)CC1. The first kappa shape index (κ1) is 21.3. The molecule has 1 saturated heterocycles. The van der Waals surface area contributed by atoms with Gasteiger partial charge in [-0.1, -0.05) is 48.0 Å². The largest absolute Gasteiger partial charge is 0.342 e. The first-order valence-electron chi connectivity index (χ1n) is 10.4. The van der Waals surface area contributed by atoms with Crippen molar-refractivity contribution in [2.24, 2.45) is 5.92 Å². The number of nitrogens with zero attached hydrogens (tertiary/aromatic N) is 1. The van der Waals surface area contributed by atoms with Gasteiger partial charge >= 0.3 is 0 Å². The highest BCUT2D eigenvalue weighted by Gasteiger charge is 2.46. The second-order valence-electron chi connectivity index (χ2n) is 8.39. The number of likely N-dealkylation sites (tertiary alicyclic amines) is 1. The predicted octanol–water partition coefficient (Wildman–Crippen LogP) is 4.04. The van der Waals surface area contributed by atoms with Crippen LogP contribution >= 0.6 is 11.6 Å². The third-order valence-electron chi connectivity index (χ3n) is 6.02. The molecule has 0 aromatic heterocycles. The average Bonchev–Trinajstić information content (AvgIpc) is 3.51. The van der Waals surface area contributed by atoms with Crippen LogP contribution in [-0.2, 0) is 14.8 Å². The minimum atomic E-state index is -3.22. The van der Waals surface area contributed by atoms with Crippen molar-refractivity contribution < 1.29 is 13.2 Å². The van der Waals surface area contributed by atoms with Gasteiger partial charge in [0.1, 0.15) is 0 Å². The smallest absolute Gasteiger partial charge is 0.226 e. The Morgan fingerprint density at radius 1 is 1.10 bits per heavy atom. The Bertz CT molecular complexity index is 1040. The fourth-order valence-corrected chi connectivity index (χ4v) is 5.55. The van der Waals surface area contributed by atoms with E-state index in [1.54, 1.807) is 0 Å². The number of benzene rings is 2. The van der Waals surface area contributed by atoms with E-state index in [0.717, 1.165) is 30.4 Å². The number of sulfonamides is 1. The second kappa shape index (κ2) is 8.69. The summed E-state index contributed by atoms with van der Waals surface area (Å²) in [4.78, 5) is 15.1. The molecule has 4 rings (SSSR count). The fourth-order valence-electron chi connectivity index (χ4n) is 4.52. The lowest BCUT2D eigenvalue weighted by atomic mass is 9.96. The van der Waals surface area contributed by atoms with Crippen LogP contribution in [0.25, 0.3) is 11.1 Å². The molecule has 2 aromatic carbocycles. The maximum Gasteiger partial charge on any atom is 0.226 e. The summed E-state index contributed by atoms with van der Waals surface area (Å²) >= 11 is 6.19. The number of amides is 1. The number of carbonyl (C=O) groups excluding carboxylic acids is 1. The van der Waals surface area contributed by atoms with E-state index in [2.05, 4.69) is 16.9 Å². The van der Waals surface area contributed by atoms with Gasteiger partial charge in [-0.25, -0.2) is 13.1 Å². The number of rotatable bonds is 5. The van der Waals surface area contributed by atoms with Crippen molar-refractivity contribution in [1.82, 2.24) is 9.62 Å². The van der Waals surface area contributed by atoms with Crippen LogP contribution in [0.5, 0.6) is 0 Å². The first-order chi connectivity index (χ1) is 14.3. The van der Waals surface area contributed by atoms with Crippen LogP contribution < -0.4 is 4.72 Å². The summed E-state index contributed by atoms with van der Waals surface area (Å²) < 4.78 is 25.7. The Balaban J connectivity index is 1.45. The Labute approximate surface area is 183 Å². The molecule has 0 radical (unpaired) electrons. The maximum atomic E-state index is 13.2. The molecule has 2 aromatic rings. The molecule has 1 heterocycles. The molecule has 1 saturated carbocycles. The van der Waals surface area contributed by atoms with E-state index in [4.69, 9.17) is 11.6 Å². The number of hydrogen-bond acceptors (Lipinski definition) is 3. The molecule has 30 heavy (non-hydrogen) atoms. The van der Waals surface area contributed by atoms with Gasteiger partial charge in [0, 0.05) is 30.1 Å². The number of hydrogen-bond donors (Lipinski definition) is 1. The molecule has 0 unspecified atom stereocenters. The van der Waals surface area contributed by atoms with Crippen LogP contribution in [0.1, 0.15) is 37.2 Å². The highest BCUT2D eigenvalue weighted by atomic mass is 35.5. The van der Waals surface area contributed by atoms with Crippen LogP contribution in [0.15, 0.2) is 48.5 Å². The highest BCUT2D eigenvalue weighted by Crippen LogP contribution is 2.51. The van der Waals surface area contributed by atoms with E-state index >= 15 is 0 Å². The summed E-state index contributed by atoms with van der Waals surface area (Å²) in [6.07, 6.45) is 4.29. The zero-order chi connectivity index (χ0) is 21.3. The normalized spacial score (nSPS) is 24.3. The second-order valence-corrected chi connectivity index (χ2v) is 10.6. The zero-order valence-corrected chi connectivity index (χ0v) is 18.6. The van der Waals surface area contributed by atoms with Crippen molar-refractivity contribution in [3.8, 4) is 11.1 Å². The summed E-state index contributed by atoms with van der Waals surface area (Å²) in [6.45, 7) is 1.30. The average molecular weight is 447 g/mol. The van der Waals surface area contributed by atoms with E-state index in [0.29, 0.717) is 24.5 Å². The molecule has 1 aliphatic carbocycles. The Hall–Kier alpha value is -1.89. The lowest BCUT2D eigenvalue weighted by molar-refractivity contribution is -0.132. The fraction of sp³-hybridized carbons (Fsp3) is 0.435. The number of nitrogens with one attached hydrogen (secondary N) is 1. The van der Waals surface area contributed by atoms with Crippen molar-refractivity contribution in [2.45, 2.75) is 37.6 Å². The van der Waals surface area contributed by atoms with Gasteiger partial charge in [-0.05, 0) is 60.4 Å². The van der Waals surface area contributed by atoms with Gasteiger partial charge in [0.25, 0.3) is 0 Å². The standard InChI is InChI=1S/C23H27ClN2O3S/c1-30(28,29)25-18-8-5-12-26(13-11-18)23(27)22-15-21(22)20-10-3-2-9-19(20)16-6-4-7-17(24)14-16/h2-4,6-7,9-10,14,18,21-22,25H,5,8,11-13,15H2,1H3/t18-,21+,22-/m1/s1. The first-order valence-corrected chi connectivity index (χ1v) is 12.7. The molecule has 1 amide bonds. The molecule has 1 N–H and O–H groups in total. The monoisotopic (exact) mass is 446 g/mol. The Morgan fingerprint density at radius 2 is 1.90 bits per heavy atom. The Kier molecular flexibility index (Phi) is 6.19. The van der Waals surface area contributed by atoms with Gasteiger partial charge in [0.05, 0.1) is 6.26 Å². The highest BCUT2D eigenvalue weighted by molar-refractivity contribution is 7.88. The van der Waals surface area contributed by atoms with Crippen molar-refractivity contribution >= 4 is 27.5 Å². The van der Waals surface area contributed by atoms with Gasteiger partial charge in [-0.3, -0.25) is 4.79 Å². The molecule has 3 atom stereocenters. The molecule has 2 fully saturated rings. The molecule has 2 aliphatic rings. The van der Waals surface area contributed by atoms with E-state index in [1.165, 1.54) is 11.8 Å². The molecule has 0 bridgehead atoms. The minimum absolute atomic E-state index is 0.00440. The van der Waals surface area contributed by atoms with Crippen molar-refractivity contribution in [1.29, 1.82) is 0 Å². The topological polar surface area (TPSA) is 66.5 Å². The molecule has 1 aliphatic heterocycles. The molecule has 160 valence electrons. The summed E-state index contributed by atoms with van der Waals surface area (Å²) in [5.41, 5.74) is 3.40. The minimum Gasteiger partial charge on any atom is -0.342 e. The van der Waals surface area contributed by atoms with E-state index < -0.39 is 10.0 Å². The third kappa shape index (κ3) is 5.05. The van der Waals surface area contributed by atoms with Crippen LogP contribution in [0.4, 0.5) is 0 Å². The van der Waals surface area contributed by atoms with Crippen LogP contribution in [0.2, 0.25) is 5.02 Å². The summed E-state index contributed by atoms with van der Waals surface area (Å²) in [5, 5.41) is 0.701. The lowest BCUT2D eigenvalue weighted by Gasteiger charge is -2.21. The van der Waals surface area contributed by atoms with Crippen molar-refractivity contribution in [3.63, 3.8) is 0 Å². The molecule has 7 heteroatoms. The van der Waals surface area contributed by atoms with Crippen LogP contribution in [0.3, 0.4) is 0 Å². The van der Waals surface area contributed by atoms with Gasteiger partial charge in [0.2, 0.25) is 15.9 Å². The maximum absolute atomic E-state index is 13.2.